The van der Waals surface area contributed by atoms with Crippen molar-refractivity contribution in [1.29, 1.82) is 0 Å². The zero-order chi connectivity index (χ0) is 12.3. The zero-order valence-electron chi connectivity index (χ0n) is 10.9. The van der Waals surface area contributed by atoms with Gasteiger partial charge in [-0.25, -0.2) is 0 Å². The molecule has 4 nitrogen and oxygen atoms in total. The molecule has 1 aliphatic rings. The maximum Gasteiger partial charge on any atom is 0.0728 e. The van der Waals surface area contributed by atoms with Crippen LogP contribution in [0.25, 0.3) is 0 Å². The van der Waals surface area contributed by atoms with Gasteiger partial charge in [0.25, 0.3) is 0 Å². The Labute approximate surface area is 104 Å². The van der Waals surface area contributed by atoms with Gasteiger partial charge in [-0.05, 0) is 39.2 Å². The predicted octanol–water partition coefficient (Wildman–Crippen LogP) is 2.39. The highest BCUT2D eigenvalue weighted by molar-refractivity contribution is 5.39. The number of aromatic nitrogens is 2. The smallest absolute Gasteiger partial charge is 0.0728 e. The van der Waals surface area contributed by atoms with Crippen LogP contribution in [0.4, 0.5) is 5.69 Å². The summed E-state index contributed by atoms with van der Waals surface area (Å²) in [6.07, 6.45) is 9.13. The molecule has 0 amide bonds. The van der Waals surface area contributed by atoms with Crippen molar-refractivity contribution in [3.63, 3.8) is 0 Å². The molecular formula is C13H24N4. The van der Waals surface area contributed by atoms with E-state index in [1.165, 1.54) is 25.7 Å². The summed E-state index contributed by atoms with van der Waals surface area (Å²) < 4.78 is 1.99. The van der Waals surface area contributed by atoms with Crippen molar-refractivity contribution in [1.82, 2.24) is 9.78 Å². The molecule has 0 aliphatic heterocycles. The summed E-state index contributed by atoms with van der Waals surface area (Å²) in [5.41, 5.74) is 6.97. The van der Waals surface area contributed by atoms with Crippen LogP contribution in [-0.4, -0.2) is 22.4 Å². The highest BCUT2D eigenvalue weighted by Crippen LogP contribution is 2.26. The molecule has 1 heterocycles. The SMILES string of the molecule is CC(C)n1cc(NC2CCCCC2CN)cn1. The maximum absolute atomic E-state index is 5.84. The van der Waals surface area contributed by atoms with Gasteiger partial charge in [0.05, 0.1) is 11.9 Å². The summed E-state index contributed by atoms with van der Waals surface area (Å²) >= 11 is 0. The van der Waals surface area contributed by atoms with Gasteiger partial charge in [0.1, 0.15) is 0 Å². The van der Waals surface area contributed by atoms with Crippen LogP contribution in [0, 0.1) is 5.92 Å². The van der Waals surface area contributed by atoms with E-state index in [1.54, 1.807) is 0 Å². The summed E-state index contributed by atoms with van der Waals surface area (Å²) in [6, 6.07) is 0.945. The van der Waals surface area contributed by atoms with E-state index in [0.717, 1.165) is 12.2 Å². The van der Waals surface area contributed by atoms with Gasteiger partial charge in [-0.2, -0.15) is 5.10 Å². The van der Waals surface area contributed by atoms with E-state index in [-0.39, 0.29) is 0 Å². The Hall–Kier alpha value is -1.03. The minimum atomic E-state index is 0.419. The third-order valence-electron chi connectivity index (χ3n) is 3.69. The van der Waals surface area contributed by atoms with Crippen LogP contribution < -0.4 is 11.1 Å². The molecule has 0 spiro atoms. The van der Waals surface area contributed by atoms with Crippen molar-refractivity contribution >= 4 is 5.69 Å². The molecular weight excluding hydrogens is 212 g/mol. The van der Waals surface area contributed by atoms with Crippen LogP contribution in [-0.2, 0) is 0 Å². The first-order valence-corrected chi connectivity index (χ1v) is 6.71. The summed E-state index contributed by atoms with van der Waals surface area (Å²) in [7, 11) is 0. The van der Waals surface area contributed by atoms with Gasteiger partial charge in [-0.1, -0.05) is 12.8 Å². The molecule has 0 aromatic carbocycles. The Morgan fingerprint density at radius 1 is 1.47 bits per heavy atom. The lowest BCUT2D eigenvalue weighted by atomic mass is 9.84. The van der Waals surface area contributed by atoms with Crippen LogP contribution in [0.1, 0.15) is 45.6 Å². The van der Waals surface area contributed by atoms with Crippen LogP contribution in [0.15, 0.2) is 12.4 Å². The molecule has 2 rings (SSSR count). The third kappa shape index (κ3) is 3.00. The lowest BCUT2D eigenvalue weighted by Gasteiger charge is -2.31. The second-order valence-electron chi connectivity index (χ2n) is 5.33. The summed E-state index contributed by atoms with van der Waals surface area (Å²) in [5.74, 6) is 0.617. The van der Waals surface area contributed by atoms with Crippen molar-refractivity contribution in [2.75, 3.05) is 11.9 Å². The van der Waals surface area contributed by atoms with Gasteiger partial charge in [-0.15, -0.1) is 0 Å². The zero-order valence-corrected chi connectivity index (χ0v) is 10.9. The summed E-state index contributed by atoms with van der Waals surface area (Å²) in [4.78, 5) is 0. The number of anilines is 1. The molecule has 3 N–H and O–H groups in total. The molecule has 0 saturated heterocycles. The average molecular weight is 236 g/mol. The Kier molecular flexibility index (Phi) is 4.05. The first-order chi connectivity index (χ1) is 8.20. The minimum absolute atomic E-state index is 0.419. The summed E-state index contributed by atoms with van der Waals surface area (Å²) in [6.45, 7) is 5.07. The lowest BCUT2D eigenvalue weighted by Crippen LogP contribution is -2.36. The number of nitrogens with two attached hydrogens (primary N) is 1. The Balaban J connectivity index is 1.98. The number of rotatable bonds is 4. The lowest BCUT2D eigenvalue weighted by molar-refractivity contribution is 0.332. The molecule has 1 saturated carbocycles. The summed E-state index contributed by atoms with van der Waals surface area (Å²) in [5, 5.41) is 7.95. The van der Waals surface area contributed by atoms with Gasteiger partial charge in [0.2, 0.25) is 0 Å². The van der Waals surface area contributed by atoms with Crippen molar-refractivity contribution in [2.24, 2.45) is 11.7 Å². The van der Waals surface area contributed by atoms with E-state index in [9.17, 15) is 0 Å². The molecule has 1 aromatic heterocycles. The second kappa shape index (κ2) is 5.54. The highest BCUT2D eigenvalue weighted by atomic mass is 15.3. The molecule has 0 radical (unpaired) electrons. The third-order valence-corrected chi connectivity index (χ3v) is 3.69. The predicted molar refractivity (Wildman–Crippen MR) is 71.0 cm³/mol. The quantitative estimate of drug-likeness (QED) is 0.844. The van der Waals surface area contributed by atoms with Crippen LogP contribution in [0.2, 0.25) is 0 Å². The van der Waals surface area contributed by atoms with Gasteiger partial charge in [-0.3, -0.25) is 4.68 Å². The maximum atomic E-state index is 5.84. The van der Waals surface area contributed by atoms with E-state index in [0.29, 0.717) is 18.0 Å². The molecule has 0 bridgehead atoms. The van der Waals surface area contributed by atoms with Gasteiger partial charge in [0, 0.05) is 18.3 Å². The number of nitrogens with one attached hydrogen (secondary N) is 1. The monoisotopic (exact) mass is 236 g/mol. The van der Waals surface area contributed by atoms with Crippen molar-refractivity contribution in [3.8, 4) is 0 Å². The Bertz CT molecular complexity index is 345. The largest absolute Gasteiger partial charge is 0.379 e. The van der Waals surface area contributed by atoms with Crippen LogP contribution in [0.5, 0.6) is 0 Å². The van der Waals surface area contributed by atoms with E-state index in [2.05, 4.69) is 30.5 Å². The van der Waals surface area contributed by atoms with E-state index in [1.807, 2.05) is 10.9 Å². The second-order valence-corrected chi connectivity index (χ2v) is 5.33. The first kappa shape index (κ1) is 12.4. The molecule has 2 atom stereocenters. The molecule has 17 heavy (non-hydrogen) atoms. The van der Waals surface area contributed by atoms with Crippen LogP contribution in [0.3, 0.4) is 0 Å². The number of nitrogens with zero attached hydrogens (tertiary/aromatic N) is 2. The molecule has 2 unspecified atom stereocenters. The molecule has 1 fully saturated rings. The minimum Gasteiger partial charge on any atom is -0.379 e. The molecule has 1 aliphatic carbocycles. The standard InChI is InChI=1S/C13H24N4/c1-10(2)17-9-12(8-15-17)16-13-6-4-3-5-11(13)7-14/h8-11,13,16H,3-7,14H2,1-2H3. The number of hydrogen-bond acceptors (Lipinski definition) is 3. The fourth-order valence-electron chi connectivity index (χ4n) is 2.59. The van der Waals surface area contributed by atoms with Crippen LogP contribution >= 0.6 is 0 Å². The van der Waals surface area contributed by atoms with Gasteiger partial charge >= 0.3 is 0 Å². The topological polar surface area (TPSA) is 55.9 Å². The fourth-order valence-corrected chi connectivity index (χ4v) is 2.59. The Morgan fingerprint density at radius 3 is 2.88 bits per heavy atom. The normalized spacial score (nSPS) is 25.2. The molecule has 1 aromatic rings. The molecule has 4 heteroatoms. The Morgan fingerprint density at radius 2 is 2.24 bits per heavy atom. The van der Waals surface area contributed by atoms with E-state index < -0.39 is 0 Å². The van der Waals surface area contributed by atoms with E-state index >= 15 is 0 Å². The highest BCUT2D eigenvalue weighted by Gasteiger charge is 2.23. The van der Waals surface area contributed by atoms with Crippen molar-refractivity contribution in [3.05, 3.63) is 12.4 Å². The van der Waals surface area contributed by atoms with Gasteiger partial charge in [0.15, 0.2) is 0 Å². The average Bonchev–Trinajstić information content (AvgIpc) is 2.78. The first-order valence-electron chi connectivity index (χ1n) is 6.71. The fraction of sp³-hybridized carbons (Fsp3) is 0.769. The van der Waals surface area contributed by atoms with Gasteiger partial charge < -0.3 is 11.1 Å². The van der Waals surface area contributed by atoms with Crippen molar-refractivity contribution < 1.29 is 0 Å². The number of hydrogen-bond donors (Lipinski definition) is 2. The van der Waals surface area contributed by atoms with E-state index in [4.69, 9.17) is 5.73 Å². The molecule has 96 valence electrons. The van der Waals surface area contributed by atoms with Crippen molar-refractivity contribution in [2.45, 2.75) is 51.6 Å².